The summed E-state index contributed by atoms with van der Waals surface area (Å²) < 4.78 is 0. The highest BCUT2D eigenvalue weighted by Crippen LogP contribution is 2.07. The second-order valence-electron chi connectivity index (χ2n) is 4.67. The van der Waals surface area contributed by atoms with Gasteiger partial charge in [-0.05, 0) is 40.0 Å². The van der Waals surface area contributed by atoms with E-state index in [4.69, 9.17) is 0 Å². The lowest BCUT2D eigenvalue weighted by molar-refractivity contribution is 0.123. The standard InChI is InChI=1S/C11H25N3O/c1-13(2)8-5-12-9-11(15)10-14-6-3-4-7-14/h11-12,15H,3-10H2,1-2H3. The SMILES string of the molecule is CN(C)CCNCC(O)CN1CCCC1. The average Bonchev–Trinajstić information content (AvgIpc) is 2.64. The Bertz CT molecular complexity index is 158. The highest BCUT2D eigenvalue weighted by Gasteiger charge is 2.14. The minimum Gasteiger partial charge on any atom is -0.390 e. The van der Waals surface area contributed by atoms with Gasteiger partial charge in [-0.2, -0.15) is 0 Å². The van der Waals surface area contributed by atoms with Crippen LogP contribution < -0.4 is 5.32 Å². The van der Waals surface area contributed by atoms with Gasteiger partial charge in [-0.3, -0.25) is 0 Å². The van der Waals surface area contributed by atoms with Gasteiger partial charge in [0.15, 0.2) is 0 Å². The van der Waals surface area contributed by atoms with E-state index < -0.39 is 0 Å². The second kappa shape index (κ2) is 7.17. The number of hydrogen-bond donors (Lipinski definition) is 2. The van der Waals surface area contributed by atoms with Crippen LogP contribution in [0.25, 0.3) is 0 Å². The van der Waals surface area contributed by atoms with Crippen molar-refractivity contribution in [2.24, 2.45) is 0 Å². The van der Waals surface area contributed by atoms with Crippen molar-refractivity contribution < 1.29 is 5.11 Å². The van der Waals surface area contributed by atoms with Crippen LogP contribution in [0.3, 0.4) is 0 Å². The van der Waals surface area contributed by atoms with Crippen LogP contribution in [-0.2, 0) is 0 Å². The van der Waals surface area contributed by atoms with Crippen molar-refractivity contribution in [1.29, 1.82) is 0 Å². The minimum absolute atomic E-state index is 0.217. The van der Waals surface area contributed by atoms with E-state index >= 15 is 0 Å². The number of hydrogen-bond acceptors (Lipinski definition) is 4. The van der Waals surface area contributed by atoms with Crippen LogP contribution in [0.4, 0.5) is 0 Å². The van der Waals surface area contributed by atoms with Crippen molar-refractivity contribution in [1.82, 2.24) is 15.1 Å². The molecule has 4 nitrogen and oxygen atoms in total. The molecule has 0 aromatic heterocycles. The Morgan fingerprint density at radius 1 is 1.33 bits per heavy atom. The summed E-state index contributed by atoms with van der Waals surface area (Å²) in [4.78, 5) is 4.48. The van der Waals surface area contributed by atoms with Crippen molar-refractivity contribution >= 4 is 0 Å². The molecule has 1 heterocycles. The second-order valence-corrected chi connectivity index (χ2v) is 4.67. The van der Waals surface area contributed by atoms with Crippen LogP contribution in [0.15, 0.2) is 0 Å². The van der Waals surface area contributed by atoms with E-state index in [1.54, 1.807) is 0 Å². The number of nitrogens with zero attached hydrogens (tertiary/aromatic N) is 2. The highest BCUT2D eigenvalue weighted by molar-refractivity contribution is 4.71. The summed E-state index contributed by atoms with van der Waals surface area (Å²) in [6.45, 7) is 5.84. The maximum absolute atomic E-state index is 9.76. The van der Waals surface area contributed by atoms with Crippen molar-refractivity contribution in [3.8, 4) is 0 Å². The number of likely N-dealkylation sites (N-methyl/N-ethyl adjacent to an activating group) is 1. The van der Waals surface area contributed by atoms with Gasteiger partial charge in [0.2, 0.25) is 0 Å². The largest absolute Gasteiger partial charge is 0.390 e. The van der Waals surface area contributed by atoms with E-state index in [1.165, 1.54) is 12.8 Å². The zero-order chi connectivity index (χ0) is 11.1. The number of aliphatic hydroxyl groups is 1. The molecule has 0 saturated carbocycles. The van der Waals surface area contributed by atoms with E-state index in [0.29, 0.717) is 6.54 Å². The fourth-order valence-corrected chi connectivity index (χ4v) is 1.90. The first kappa shape index (κ1) is 12.9. The molecule has 0 amide bonds. The summed E-state index contributed by atoms with van der Waals surface area (Å²) in [6.07, 6.45) is 2.37. The summed E-state index contributed by atoms with van der Waals surface area (Å²) in [7, 11) is 4.12. The molecule has 1 atom stereocenters. The molecule has 1 aliphatic rings. The van der Waals surface area contributed by atoms with Crippen molar-refractivity contribution in [3.05, 3.63) is 0 Å². The van der Waals surface area contributed by atoms with E-state index in [-0.39, 0.29) is 6.10 Å². The number of aliphatic hydroxyl groups excluding tert-OH is 1. The van der Waals surface area contributed by atoms with Gasteiger partial charge in [0.1, 0.15) is 0 Å². The Labute approximate surface area is 93.2 Å². The Morgan fingerprint density at radius 2 is 2.00 bits per heavy atom. The summed E-state index contributed by atoms with van der Waals surface area (Å²) in [5.41, 5.74) is 0. The molecular weight excluding hydrogens is 190 g/mol. The number of rotatable bonds is 7. The third kappa shape index (κ3) is 6.10. The van der Waals surface area contributed by atoms with Gasteiger partial charge in [-0.25, -0.2) is 0 Å². The van der Waals surface area contributed by atoms with Crippen molar-refractivity contribution in [2.45, 2.75) is 18.9 Å². The highest BCUT2D eigenvalue weighted by atomic mass is 16.3. The van der Waals surface area contributed by atoms with Gasteiger partial charge >= 0.3 is 0 Å². The van der Waals surface area contributed by atoms with Crippen LogP contribution >= 0.6 is 0 Å². The molecule has 90 valence electrons. The topological polar surface area (TPSA) is 38.7 Å². The van der Waals surface area contributed by atoms with Crippen LogP contribution in [0.5, 0.6) is 0 Å². The predicted molar refractivity (Wildman–Crippen MR) is 63.1 cm³/mol. The van der Waals surface area contributed by atoms with Gasteiger partial charge in [0.25, 0.3) is 0 Å². The average molecular weight is 215 g/mol. The molecule has 0 spiro atoms. The molecule has 15 heavy (non-hydrogen) atoms. The molecule has 1 aliphatic heterocycles. The fourth-order valence-electron chi connectivity index (χ4n) is 1.90. The summed E-state index contributed by atoms with van der Waals surface area (Å²) in [5, 5.41) is 13.0. The number of β-amino-alcohol motifs (C(OH)–C–C–N with tert-alkyl or cyclic N) is 1. The monoisotopic (exact) mass is 215 g/mol. The molecular formula is C11H25N3O. The first-order chi connectivity index (χ1) is 7.18. The Kier molecular flexibility index (Phi) is 6.17. The molecule has 1 unspecified atom stereocenters. The summed E-state index contributed by atoms with van der Waals surface area (Å²) in [6, 6.07) is 0. The van der Waals surface area contributed by atoms with Crippen molar-refractivity contribution in [2.75, 3.05) is 53.4 Å². The lowest BCUT2D eigenvalue weighted by Crippen LogP contribution is -2.38. The molecule has 0 aliphatic carbocycles. The fraction of sp³-hybridized carbons (Fsp3) is 1.00. The third-order valence-corrected chi connectivity index (χ3v) is 2.78. The quantitative estimate of drug-likeness (QED) is 0.567. The van der Waals surface area contributed by atoms with Crippen LogP contribution in [0, 0.1) is 0 Å². The molecule has 1 saturated heterocycles. The lowest BCUT2D eigenvalue weighted by atomic mass is 10.3. The number of nitrogens with one attached hydrogen (secondary N) is 1. The van der Waals surface area contributed by atoms with Gasteiger partial charge in [0.05, 0.1) is 6.10 Å². The molecule has 1 rings (SSSR count). The Hall–Kier alpha value is -0.160. The van der Waals surface area contributed by atoms with Crippen molar-refractivity contribution in [3.63, 3.8) is 0 Å². The van der Waals surface area contributed by atoms with Gasteiger partial charge in [-0.1, -0.05) is 0 Å². The lowest BCUT2D eigenvalue weighted by Gasteiger charge is -2.20. The van der Waals surface area contributed by atoms with E-state index in [9.17, 15) is 5.11 Å². The first-order valence-electron chi connectivity index (χ1n) is 5.94. The van der Waals surface area contributed by atoms with Crippen LogP contribution in [-0.4, -0.2) is 74.4 Å². The molecule has 0 aromatic carbocycles. The van der Waals surface area contributed by atoms with E-state index in [0.717, 1.165) is 32.7 Å². The first-order valence-corrected chi connectivity index (χ1v) is 5.94. The normalized spacial score (nSPS) is 20.0. The molecule has 0 bridgehead atoms. The maximum atomic E-state index is 9.76. The molecule has 0 aromatic rings. The summed E-state index contributed by atoms with van der Waals surface area (Å²) >= 11 is 0. The van der Waals surface area contributed by atoms with Gasteiger partial charge in [0, 0.05) is 26.2 Å². The van der Waals surface area contributed by atoms with E-state index in [1.807, 2.05) is 0 Å². The molecule has 2 N–H and O–H groups in total. The number of likely N-dealkylation sites (tertiary alicyclic amines) is 1. The van der Waals surface area contributed by atoms with E-state index in [2.05, 4.69) is 29.2 Å². The third-order valence-electron chi connectivity index (χ3n) is 2.78. The Morgan fingerprint density at radius 3 is 2.60 bits per heavy atom. The minimum atomic E-state index is -0.217. The smallest absolute Gasteiger partial charge is 0.0791 e. The van der Waals surface area contributed by atoms with Gasteiger partial charge in [-0.15, -0.1) is 0 Å². The molecule has 1 fully saturated rings. The molecule has 4 heteroatoms. The van der Waals surface area contributed by atoms with Crippen LogP contribution in [0.2, 0.25) is 0 Å². The zero-order valence-corrected chi connectivity index (χ0v) is 10.1. The maximum Gasteiger partial charge on any atom is 0.0791 e. The predicted octanol–water partition coefficient (Wildman–Crippen LogP) is -0.406. The van der Waals surface area contributed by atoms with Crippen LogP contribution in [0.1, 0.15) is 12.8 Å². The van der Waals surface area contributed by atoms with Gasteiger partial charge < -0.3 is 20.2 Å². The zero-order valence-electron chi connectivity index (χ0n) is 10.1. The Balaban J connectivity index is 1.95. The molecule has 0 radical (unpaired) electrons. The summed E-state index contributed by atoms with van der Waals surface area (Å²) in [5.74, 6) is 0.